The number of halogens is 1. The molecule has 0 atom stereocenters. The molecule has 132 valence electrons. The van der Waals surface area contributed by atoms with E-state index in [1.54, 1.807) is 6.07 Å². The summed E-state index contributed by atoms with van der Waals surface area (Å²) in [6.45, 7) is 3.32. The minimum Gasteiger partial charge on any atom is -0.478 e. The molecule has 0 saturated carbocycles. The number of likely N-dealkylation sites (tertiary alicyclic amines) is 1. The summed E-state index contributed by atoms with van der Waals surface area (Å²) in [5.41, 5.74) is 0.870. The smallest absolute Gasteiger partial charge is 0.328 e. The molecule has 2 N–H and O–H groups in total. The van der Waals surface area contributed by atoms with E-state index in [0.717, 1.165) is 29.3 Å². The van der Waals surface area contributed by atoms with Gasteiger partial charge in [0.05, 0.1) is 0 Å². The molecule has 0 aliphatic carbocycles. The molecule has 0 bridgehead atoms. The summed E-state index contributed by atoms with van der Waals surface area (Å²) >= 11 is 0. The lowest BCUT2D eigenvalue weighted by Crippen LogP contribution is -2.38. The minimum absolute atomic E-state index is 0.0655. The maximum atomic E-state index is 13.9. The Hall–Kier alpha value is -2.73. The molecule has 0 radical (unpaired) electrons. The Morgan fingerprint density at radius 2 is 1.68 bits per heavy atom. The van der Waals surface area contributed by atoms with Crippen molar-refractivity contribution < 1.29 is 24.2 Å². The van der Waals surface area contributed by atoms with Crippen LogP contribution in [0.2, 0.25) is 0 Å². The van der Waals surface area contributed by atoms with Gasteiger partial charge in [-0.05, 0) is 48.3 Å². The SMILES string of the molecule is Fc1ccc2ccccc2c1CCN1CCC1.O=C(O)/C=C/C(=O)O. The molecule has 0 spiro atoms. The normalized spacial score (nSPS) is 14.0. The van der Waals surface area contributed by atoms with E-state index in [2.05, 4.69) is 4.90 Å². The third kappa shape index (κ3) is 5.69. The van der Waals surface area contributed by atoms with E-state index >= 15 is 0 Å². The van der Waals surface area contributed by atoms with Crippen LogP contribution in [0, 0.1) is 5.82 Å². The lowest BCUT2D eigenvalue weighted by atomic mass is 10.0. The lowest BCUT2D eigenvalue weighted by molar-refractivity contribution is -0.134. The molecule has 1 aliphatic heterocycles. The highest BCUT2D eigenvalue weighted by Crippen LogP contribution is 2.22. The van der Waals surface area contributed by atoms with Crippen molar-refractivity contribution in [3.63, 3.8) is 0 Å². The van der Waals surface area contributed by atoms with Gasteiger partial charge in [-0.2, -0.15) is 0 Å². The predicted molar refractivity (Wildman–Crippen MR) is 93.1 cm³/mol. The highest BCUT2D eigenvalue weighted by Gasteiger charge is 2.15. The van der Waals surface area contributed by atoms with Crippen LogP contribution in [-0.4, -0.2) is 46.7 Å². The van der Waals surface area contributed by atoms with Crippen molar-refractivity contribution in [1.82, 2.24) is 4.90 Å². The summed E-state index contributed by atoms with van der Waals surface area (Å²) in [6, 6.07) is 11.5. The maximum Gasteiger partial charge on any atom is 0.328 e. The zero-order valence-electron chi connectivity index (χ0n) is 13.7. The number of benzene rings is 2. The van der Waals surface area contributed by atoms with Gasteiger partial charge in [-0.15, -0.1) is 0 Å². The molecule has 1 saturated heterocycles. The van der Waals surface area contributed by atoms with E-state index in [1.807, 2.05) is 30.3 Å². The fraction of sp³-hybridized carbons (Fsp3) is 0.263. The van der Waals surface area contributed by atoms with Crippen LogP contribution in [0.15, 0.2) is 48.6 Å². The van der Waals surface area contributed by atoms with Crippen molar-refractivity contribution in [2.24, 2.45) is 0 Å². The Balaban J connectivity index is 0.000000242. The molecule has 5 nitrogen and oxygen atoms in total. The number of carbonyl (C=O) groups is 2. The largest absolute Gasteiger partial charge is 0.478 e. The standard InChI is InChI=1S/C15H16FN.C4H4O4/c16-15-7-6-12-4-1-2-5-13(12)14(15)8-11-17-9-3-10-17;5-3(6)1-2-4(7)8/h1-2,4-7H,3,8-11H2;1-2H,(H,5,6)(H,7,8)/b;2-1+. The number of nitrogens with zero attached hydrogens (tertiary/aromatic N) is 1. The average Bonchev–Trinajstić information content (AvgIpc) is 2.54. The first-order valence-corrected chi connectivity index (χ1v) is 8.00. The van der Waals surface area contributed by atoms with Gasteiger partial charge in [-0.25, -0.2) is 14.0 Å². The first-order chi connectivity index (χ1) is 12.0. The molecular formula is C19H20FNO4. The van der Waals surface area contributed by atoms with Gasteiger partial charge in [-0.3, -0.25) is 0 Å². The molecule has 0 amide bonds. The van der Waals surface area contributed by atoms with Gasteiger partial charge in [0.25, 0.3) is 0 Å². The first-order valence-electron chi connectivity index (χ1n) is 8.00. The van der Waals surface area contributed by atoms with Gasteiger partial charge in [0.1, 0.15) is 5.82 Å². The summed E-state index contributed by atoms with van der Waals surface area (Å²) in [4.78, 5) is 21.5. The Morgan fingerprint density at radius 3 is 2.24 bits per heavy atom. The molecule has 1 heterocycles. The van der Waals surface area contributed by atoms with Gasteiger partial charge in [0, 0.05) is 18.7 Å². The van der Waals surface area contributed by atoms with E-state index in [1.165, 1.54) is 19.5 Å². The lowest BCUT2D eigenvalue weighted by Gasteiger charge is -2.30. The van der Waals surface area contributed by atoms with Crippen LogP contribution >= 0.6 is 0 Å². The van der Waals surface area contributed by atoms with Crippen LogP contribution in [0.4, 0.5) is 4.39 Å². The van der Waals surface area contributed by atoms with Crippen LogP contribution < -0.4 is 0 Å². The summed E-state index contributed by atoms with van der Waals surface area (Å²) in [5, 5.41) is 17.8. The highest BCUT2D eigenvalue weighted by molar-refractivity contribution is 5.89. The van der Waals surface area contributed by atoms with Gasteiger partial charge < -0.3 is 15.1 Å². The summed E-state index contributed by atoms with van der Waals surface area (Å²) < 4.78 is 13.9. The number of hydrogen-bond acceptors (Lipinski definition) is 3. The Morgan fingerprint density at radius 1 is 1.04 bits per heavy atom. The molecule has 3 rings (SSSR count). The number of carboxylic acids is 2. The Kier molecular flexibility index (Phi) is 6.65. The summed E-state index contributed by atoms with van der Waals surface area (Å²) in [6.07, 6.45) is 3.22. The van der Waals surface area contributed by atoms with Gasteiger partial charge in [-0.1, -0.05) is 30.3 Å². The third-order valence-electron chi connectivity index (χ3n) is 3.98. The number of hydrogen-bond donors (Lipinski definition) is 2. The number of aliphatic carboxylic acids is 2. The molecule has 6 heteroatoms. The van der Waals surface area contributed by atoms with Crippen LogP contribution in [0.1, 0.15) is 12.0 Å². The second-order valence-electron chi connectivity index (χ2n) is 5.70. The quantitative estimate of drug-likeness (QED) is 0.815. The van der Waals surface area contributed by atoms with Gasteiger partial charge >= 0.3 is 11.9 Å². The molecule has 1 aliphatic rings. The van der Waals surface area contributed by atoms with Crippen LogP contribution in [0.3, 0.4) is 0 Å². The second kappa shape index (κ2) is 8.94. The van der Waals surface area contributed by atoms with Crippen LogP contribution in [-0.2, 0) is 16.0 Å². The van der Waals surface area contributed by atoms with Crippen LogP contribution in [0.5, 0.6) is 0 Å². The van der Waals surface area contributed by atoms with Crippen molar-refractivity contribution in [2.45, 2.75) is 12.8 Å². The fourth-order valence-electron chi connectivity index (χ4n) is 2.58. The van der Waals surface area contributed by atoms with E-state index in [0.29, 0.717) is 12.2 Å². The highest BCUT2D eigenvalue weighted by atomic mass is 19.1. The predicted octanol–water partition coefficient (Wildman–Crippen LogP) is 2.94. The fourth-order valence-corrected chi connectivity index (χ4v) is 2.58. The van der Waals surface area contributed by atoms with Crippen molar-refractivity contribution in [3.8, 4) is 0 Å². The minimum atomic E-state index is -1.26. The second-order valence-corrected chi connectivity index (χ2v) is 5.70. The summed E-state index contributed by atoms with van der Waals surface area (Å²) in [7, 11) is 0. The van der Waals surface area contributed by atoms with Crippen molar-refractivity contribution >= 4 is 22.7 Å². The molecule has 2 aromatic rings. The topological polar surface area (TPSA) is 77.8 Å². The van der Waals surface area contributed by atoms with Crippen molar-refractivity contribution in [3.05, 3.63) is 59.9 Å². The average molecular weight is 345 g/mol. The van der Waals surface area contributed by atoms with Gasteiger partial charge in [0.2, 0.25) is 0 Å². The Labute approximate surface area is 145 Å². The zero-order valence-corrected chi connectivity index (χ0v) is 13.7. The Bertz CT molecular complexity index is 768. The molecule has 25 heavy (non-hydrogen) atoms. The monoisotopic (exact) mass is 345 g/mol. The molecular weight excluding hydrogens is 325 g/mol. The first kappa shape index (κ1) is 18.6. The molecule has 0 aromatic heterocycles. The van der Waals surface area contributed by atoms with E-state index in [-0.39, 0.29) is 5.82 Å². The maximum absolute atomic E-state index is 13.9. The van der Waals surface area contributed by atoms with Crippen LogP contribution in [0.25, 0.3) is 10.8 Å². The number of carboxylic acid groups (broad SMARTS) is 2. The van der Waals surface area contributed by atoms with E-state index in [9.17, 15) is 14.0 Å². The third-order valence-corrected chi connectivity index (χ3v) is 3.98. The van der Waals surface area contributed by atoms with Crippen molar-refractivity contribution in [2.75, 3.05) is 19.6 Å². The zero-order chi connectivity index (χ0) is 18.2. The number of rotatable bonds is 5. The van der Waals surface area contributed by atoms with E-state index in [4.69, 9.17) is 10.2 Å². The van der Waals surface area contributed by atoms with Crippen molar-refractivity contribution in [1.29, 1.82) is 0 Å². The summed E-state index contributed by atoms with van der Waals surface area (Å²) in [5.74, 6) is -2.58. The number of fused-ring (bicyclic) bond motifs is 1. The molecule has 1 fully saturated rings. The van der Waals surface area contributed by atoms with Gasteiger partial charge in [0.15, 0.2) is 0 Å². The molecule has 2 aromatic carbocycles. The molecule has 0 unspecified atom stereocenters. The van der Waals surface area contributed by atoms with E-state index < -0.39 is 11.9 Å².